The van der Waals surface area contributed by atoms with E-state index in [0.29, 0.717) is 23.2 Å². The van der Waals surface area contributed by atoms with E-state index in [0.717, 1.165) is 0 Å². The molecule has 1 amide bonds. The van der Waals surface area contributed by atoms with E-state index >= 15 is 0 Å². The number of hydrogen-bond acceptors (Lipinski definition) is 4. The van der Waals surface area contributed by atoms with Gasteiger partial charge in [-0.15, -0.1) is 12.4 Å². The van der Waals surface area contributed by atoms with Crippen molar-refractivity contribution in [2.24, 2.45) is 5.14 Å². The van der Waals surface area contributed by atoms with Crippen molar-refractivity contribution in [3.63, 3.8) is 0 Å². The van der Waals surface area contributed by atoms with E-state index in [1.807, 2.05) is 6.92 Å². The number of carbonyl (C=O) groups is 1. The molecule has 0 saturated heterocycles. The summed E-state index contributed by atoms with van der Waals surface area (Å²) in [5.74, 6) is -0.319. The predicted molar refractivity (Wildman–Crippen MR) is 85.4 cm³/mol. The lowest BCUT2D eigenvalue weighted by molar-refractivity contribution is 0.0950. The van der Waals surface area contributed by atoms with E-state index in [9.17, 15) is 13.2 Å². The first kappa shape index (κ1) is 19.9. The van der Waals surface area contributed by atoms with Gasteiger partial charge in [0.1, 0.15) is 0 Å². The fraction of sp³-hybridized carbons (Fsp3) is 0.462. The SMILES string of the molecule is CNC(C)CNC(=O)c1cc(C)c(C)c(S(N)(=O)=O)c1.Cl. The molecule has 0 radical (unpaired) electrons. The van der Waals surface area contributed by atoms with Crippen LogP contribution in [-0.2, 0) is 10.0 Å². The summed E-state index contributed by atoms with van der Waals surface area (Å²) in [6, 6.07) is 3.10. The van der Waals surface area contributed by atoms with Gasteiger partial charge in [0.05, 0.1) is 4.90 Å². The summed E-state index contributed by atoms with van der Waals surface area (Å²) in [4.78, 5) is 12.0. The Hall–Kier alpha value is -1.15. The van der Waals surface area contributed by atoms with Crippen molar-refractivity contribution >= 4 is 28.3 Å². The Bertz CT molecular complexity index is 617. The highest BCUT2D eigenvalue weighted by Crippen LogP contribution is 2.20. The van der Waals surface area contributed by atoms with E-state index in [1.165, 1.54) is 6.07 Å². The molecule has 21 heavy (non-hydrogen) atoms. The van der Waals surface area contributed by atoms with Crippen molar-refractivity contribution in [1.29, 1.82) is 0 Å². The summed E-state index contributed by atoms with van der Waals surface area (Å²) < 4.78 is 23.1. The molecule has 6 nitrogen and oxygen atoms in total. The van der Waals surface area contributed by atoms with Gasteiger partial charge in [0.15, 0.2) is 0 Å². The van der Waals surface area contributed by atoms with Gasteiger partial charge in [-0.3, -0.25) is 4.79 Å². The van der Waals surface area contributed by atoms with Gasteiger partial charge in [-0.05, 0) is 51.1 Å². The minimum Gasteiger partial charge on any atom is -0.350 e. The van der Waals surface area contributed by atoms with Crippen LogP contribution in [-0.4, -0.2) is 34.0 Å². The molecule has 1 rings (SSSR count). The first-order valence-corrected chi connectivity index (χ1v) is 7.81. The Morgan fingerprint density at radius 3 is 2.38 bits per heavy atom. The number of rotatable bonds is 5. The zero-order valence-corrected chi connectivity index (χ0v) is 14.2. The third kappa shape index (κ3) is 5.28. The standard InChI is InChI=1S/C13H21N3O3S.ClH/c1-8-5-11(13(17)16-7-9(2)15-4)6-12(10(8)3)20(14,18)19;/h5-6,9,15H,7H2,1-4H3,(H,16,17)(H2,14,18,19);1H. The normalized spacial score (nSPS) is 12.4. The predicted octanol–water partition coefficient (Wildman–Crippen LogP) is 0.710. The number of primary sulfonamides is 1. The van der Waals surface area contributed by atoms with E-state index < -0.39 is 10.0 Å². The molecule has 0 bridgehead atoms. The molecule has 0 fully saturated rings. The van der Waals surface area contributed by atoms with Gasteiger partial charge in [-0.25, -0.2) is 13.6 Å². The zero-order chi connectivity index (χ0) is 15.5. The molecule has 0 saturated carbocycles. The molecule has 4 N–H and O–H groups in total. The molecule has 0 spiro atoms. The van der Waals surface area contributed by atoms with Gasteiger partial charge < -0.3 is 10.6 Å². The minimum absolute atomic E-state index is 0. The topological polar surface area (TPSA) is 101 Å². The molecular weight excluding hydrogens is 314 g/mol. The van der Waals surface area contributed by atoms with Crippen molar-refractivity contribution in [3.8, 4) is 0 Å². The molecule has 0 aliphatic rings. The number of nitrogens with one attached hydrogen (secondary N) is 2. The van der Waals surface area contributed by atoms with Crippen LogP contribution in [0.15, 0.2) is 17.0 Å². The Kier molecular flexibility index (Phi) is 7.32. The zero-order valence-electron chi connectivity index (χ0n) is 12.6. The van der Waals surface area contributed by atoms with Gasteiger partial charge in [0.2, 0.25) is 10.0 Å². The van der Waals surface area contributed by atoms with Crippen molar-refractivity contribution in [2.75, 3.05) is 13.6 Å². The van der Waals surface area contributed by atoms with Gasteiger partial charge in [-0.1, -0.05) is 0 Å². The van der Waals surface area contributed by atoms with Crippen LogP contribution in [0.3, 0.4) is 0 Å². The first-order valence-electron chi connectivity index (χ1n) is 6.26. The van der Waals surface area contributed by atoms with Gasteiger partial charge in [-0.2, -0.15) is 0 Å². The molecule has 8 heteroatoms. The molecule has 0 aromatic heterocycles. The molecule has 1 aromatic carbocycles. The summed E-state index contributed by atoms with van der Waals surface area (Å²) in [5, 5.41) is 10.9. The quantitative estimate of drug-likeness (QED) is 0.737. The summed E-state index contributed by atoms with van der Waals surface area (Å²) in [6.07, 6.45) is 0. The van der Waals surface area contributed by atoms with E-state index in [2.05, 4.69) is 10.6 Å². The molecule has 0 heterocycles. The number of sulfonamides is 1. The van der Waals surface area contributed by atoms with Crippen LogP contribution in [0.5, 0.6) is 0 Å². The number of likely N-dealkylation sites (N-methyl/N-ethyl adjacent to an activating group) is 1. The van der Waals surface area contributed by atoms with Crippen LogP contribution in [0.1, 0.15) is 28.4 Å². The largest absolute Gasteiger partial charge is 0.350 e. The van der Waals surface area contributed by atoms with Crippen molar-refractivity contribution in [3.05, 3.63) is 28.8 Å². The highest BCUT2D eigenvalue weighted by Gasteiger charge is 2.17. The summed E-state index contributed by atoms with van der Waals surface area (Å²) in [7, 11) is -2.04. The third-order valence-electron chi connectivity index (χ3n) is 3.25. The van der Waals surface area contributed by atoms with Gasteiger partial charge in [0.25, 0.3) is 5.91 Å². The lowest BCUT2D eigenvalue weighted by atomic mass is 10.1. The lowest BCUT2D eigenvalue weighted by Gasteiger charge is -2.13. The number of halogens is 1. The van der Waals surface area contributed by atoms with Crippen molar-refractivity contribution in [1.82, 2.24) is 10.6 Å². The second-order valence-electron chi connectivity index (χ2n) is 4.86. The third-order valence-corrected chi connectivity index (χ3v) is 4.29. The monoisotopic (exact) mass is 335 g/mol. The first-order chi connectivity index (χ1) is 9.16. The van der Waals surface area contributed by atoms with E-state index in [-0.39, 0.29) is 29.3 Å². The molecule has 1 atom stereocenters. The molecule has 0 aliphatic carbocycles. The van der Waals surface area contributed by atoms with E-state index in [1.54, 1.807) is 27.0 Å². The summed E-state index contributed by atoms with van der Waals surface area (Å²) in [5.41, 5.74) is 1.57. The minimum atomic E-state index is -3.84. The Balaban J connectivity index is 0.00000400. The van der Waals surface area contributed by atoms with Crippen LogP contribution in [0.4, 0.5) is 0 Å². The van der Waals surface area contributed by atoms with Crippen molar-refractivity contribution in [2.45, 2.75) is 31.7 Å². The molecule has 0 aliphatic heterocycles. The maximum absolute atomic E-state index is 12.0. The molecular formula is C13H22ClN3O3S. The van der Waals surface area contributed by atoms with Crippen LogP contribution in [0.2, 0.25) is 0 Å². The molecule has 1 aromatic rings. The number of hydrogen-bond donors (Lipinski definition) is 3. The van der Waals surface area contributed by atoms with Gasteiger partial charge >= 0.3 is 0 Å². The second kappa shape index (κ2) is 7.74. The Morgan fingerprint density at radius 1 is 1.33 bits per heavy atom. The number of nitrogens with two attached hydrogens (primary N) is 1. The van der Waals surface area contributed by atoms with Crippen LogP contribution >= 0.6 is 12.4 Å². The number of carbonyl (C=O) groups excluding carboxylic acids is 1. The Morgan fingerprint density at radius 2 is 1.90 bits per heavy atom. The van der Waals surface area contributed by atoms with E-state index in [4.69, 9.17) is 5.14 Å². The Labute approximate surface area is 132 Å². The number of aryl methyl sites for hydroxylation is 1. The fourth-order valence-electron chi connectivity index (χ4n) is 1.70. The average Bonchev–Trinajstić information content (AvgIpc) is 2.36. The van der Waals surface area contributed by atoms with Crippen LogP contribution in [0, 0.1) is 13.8 Å². The summed E-state index contributed by atoms with van der Waals surface area (Å²) >= 11 is 0. The van der Waals surface area contributed by atoms with Gasteiger partial charge in [0, 0.05) is 18.2 Å². The maximum Gasteiger partial charge on any atom is 0.251 e. The smallest absolute Gasteiger partial charge is 0.251 e. The second-order valence-corrected chi connectivity index (χ2v) is 6.39. The van der Waals surface area contributed by atoms with Crippen molar-refractivity contribution < 1.29 is 13.2 Å². The fourth-order valence-corrected chi connectivity index (χ4v) is 2.58. The van der Waals surface area contributed by atoms with Crippen LogP contribution in [0.25, 0.3) is 0 Å². The summed E-state index contributed by atoms with van der Waals surface area (Å²) in [6.45, 7) is 5.79. The lowest BCUT2D eigenvalue weighted by Crippen LogP contribution is -2.37. The average molecular weight is 336 g/mol. The number of benzene rings is 1. The number of amides is 1. The molecule has 120 valence electrons. The highest BCUT2D eigenvalue weighted by molar-refractivity contribution is 7.89. The molecule has 1 unspecified atom stereocenters. The maximum atomic E-state index is 12.0. The van der Waals surface area contributed by atoms with Crippen LogP contribution < -0.4 is 15.8 Å². The highest BCUT2D eigenvalue weighted by atomic mass is 35.5.